The molecule has 0 amide bonds. The third-order valence-corrected chi connectivity index (χ3v) is 4.75. The first kappa shape index (κ1) is 17.9. The summed E-state index contributed by atoms with van der Waals surface area (Å²) in [6.07, 6.45) is -1.69. The number of rotatable bonds is 4. The third-order valence-electron chi connectivity index (χ3n) is 4.75. The maximum absolute atomic E-state index is 14.3. The van der Waals surface area contributed by atoms with Gasteiger partial charge in [0.25, 0.3) is 6.08 Å². The van der Waals surface area contributed by atoms with Crippen LogP contribution in [0.5, 0.6) is 0 Å². The topological polar surface area (TPSA) is 0 Å². The van der Waals surface area contributed by atoms with Gasteiger partial charge in [-0.15, -0.1) is 0 Å². The van der Waals surface area contributed by atoms with Crippen molar-refractivity contribution in [1.82, 2.24) is 0 Å². The van der Waals surface area contributed by atoms with Crippen LogP contribution in [0.3, 0.4) is 0 Å². The van der Waals surface area contributed by atoms with E-state index >= 15 is 0 Å². The molecule has 0 aliphatic carbocycles. The van der Waals surface area contributed by atoms with Crippen LogP contribution in [0, 0.1) is 0 Å². The highest BCUT2D eigenvalue weighted by atomic mass is 19.3. The first-order valence-electron chi connectivity index (χ1n) is 9.10. The number of hydrogen-bond donors (Lipinski definition) is 0. The van der Waals surface area contributed by atoms with Crippen molar-refractivity contribution in [1.29, 1.82) is 0 Å². The quantitative estimate of drug-likeness (QED) is 0.346. The molecule has 0 atom stereocenters. The molecule has 0 N–H and O–H groups in total. The molecule has 0 aromatic heterocycles. The summed E-state index contributed by atoms with van der Waals surface area (Å²) in [6.45, 7) is 0. The van der Waals surface area contributed by atoms with Gasteiger partial charge in [-0.3, -0.25) is 0 Å². The molecule has 2 heteroatoms. The minimum atomic E-state index is -1.69. The summed E-state index contributed by atoms with van der Waals surface area (Å²) < 4.78 is 28.7. The monoisotopic (exact) mass is 368 g/mol. The van der Waals surface area contributed by atoms with Crippen molar-refractivity contribution in [3.05, 3.63) is 126 Å². The Morgan fingerprint density at radius 1 is 0.429 bits per heavy atom. The molecule has 0 heterocycles. The maximum atomic E-state index is 14.3. The zero-order valence-electron chi connectivity index (χ0n) is 15.1. The van der Waals surface area contributed by atoms with Crippen molar-refractivity contribution in [2.24, 2.45) is 0 Å². The van der Waals surface area contributed by atoms with Gasteiger partial charge in [-0.1, -0.05) is 109 Å². The molecule has 0 nitrogen and oxygen atoms in total. The van der Waals surface area contributed by atoms with Crippen LogP contribution < -0.4 is 0 Å². The van der Waals surface area contributed by atoms with E-state index in [1.54, 1.807) is 24.3 Å². The van der Waals surface area contributed by atoms with Gasteiger partial charge >= 0.3 is 0 Å². The minimum absolute atomic E-state index is 0.0288. The van der Waals surface area contributed by atoms with E-state index < -0.39 is 6.08 Å². The lowest BCUT2D eigenvalue weighted by Gasteiger charge is -2.16. The third kappa shape index (κ3) is 3.49. The highest BCUT2D eigenvalue weighted by molar-refractivity contribution is 5.94. The standard InChI is InChI=1S/C26H18F2/c27-26(28)25(23-17-9-7-15-21(23)19-11-3-1-4-12-19)24-18-10-8-16-22(24)20-13-5-2-6-14-20/h1-18H. The van der Waals surface area contributed by atoms with Crippen LogP contribution in [0.25, 0.3) is 27.8 Å². The Balaban J connectivity index is 1.95. The van der Waals surface area contributed by atoms with Crippen LogP contribution in [-0.4, -0.2) is 0 Å². The molecule has 0 saturated carbocycles. The van der Waals surface area contributed by atoms with Gasteiger partial charge < -0.3 is 0 Å². The van der Waals surface area contributed by atoms with Crippen LogP contribution in [0.4, 0.5) is 8.78 Å². The van der Waals surface area contributed by atoms with Gasteiger partial charge in [0, 0.05) is 0 Å². The van der Waals surface area contributed by atoms with Crippen LogP contribution >= 0.6 is 0 Å². The summed E-state index contributed by atoms with van der Waals surface area (Å²) in [4.78, 5) is 0. The highest BCUT2D eigenvalue weighted by Gasteiger charge is 2.19. The van der Waals surface area contributed by atoms with E-state index in [0.717, 1.165) is 22.3 Å². The fraction of sp³-hybridized carbons (Fsp3) is 0. The van der Waals surface area contributed by atoms with Crippen molar-refractivity contribution in [2.45, 2.75) is 0 Å². The van der Waals surface area contributed by atoms with E-state index in [4.69, 9.17) is 0 Å². The van der Waals surface area contributed by atoms with E-state index in [1.165, 1.54) is 0 Å². The summed E-state index contributed by atoms with van der Waals surface area (Å²) in [7, 11) is 0. The van der Waals surface area contributed by atoms with Crippen LogP contribution in [0.2, 0.25) is 0 Å². The van der Waals surface area contributed by atoms with E-state index in [0.29, 0.717) is 11.1 Å². The zero-order valence-corrected chi connectivity index (χ0v) is 15.1. The molecule has 0 spiro atoms. The van der Waals surface area contributed by atoms with Gasteiger partial charge in [-0.2, -0.15) is 8.78 Å². The number of benzene rings is 4. The van der Waals surface area contributed by atoms with E-state index in [9.17, 15) is 8.78 Å². The molecular formula is C26H18F2. The van der Waals surface area contributed by atoms with Crippen LogP contribution in [-0.2, 0) is 0 Å². The molecule has 0 aliphatic heterocycles. The van der Waals surface area contributed by atoms with Crippen molar-refractivity contribution in [3.63, 3.8) is 0 Å². The molecular weight excluding hydrogens is 350 g/mol. The summed E-state index contributed by atoms with van der Waals surface area (Å²) in [5, 5.41) is 0. The Morgan fingerprint density at radius 3 is 1.18 bits per heavy atom. The molecule has 0 bridgehead atoms. The first-order valence-corrected chi connectivity index (χ1v) is 9.10. The van der Waals surface area contributed by atoms with Gasteiger partial charge in [0.1, 0.15) is 0 Å². The Labute approximate surface area is 163 Å². The van der Waals surface area contributed by atoms with E-state index in [-0.39, 0.29) is 5.57 Å². The second-order valence-electron chi connectivity index (χ2n) is 6.46. The Bertz CT molecular complexity index is 1020. The fourth-order valence-corrected chi connectivity index (χ4v) is 3.49. The van der Waals surface area contributed by atoms with E-state index in [1.807, 2.05) is 84.9 Å². The van der Waals surface area contributed by atoms with Crippen molar-refractivity contribution >= 4 is 5.57 Å². The molecule has 0 fully saturated rings. The normalized spacial score (nSPS) is 10.5. The fourth-order valence-electron chi connectivity index (χ4n) is 3.49. The second-order valence-corrected chi connectivity index (χ2v) is 6.46. The number of hydrogen-bond acceptors (Lipinski definition) is 0. The Kier molecular flexibility index (Phi) is 5.11. The highest BCUT2D eigenvalue weighted by Crippen LogP contribution is 2.39. The molecule has 4 aromatic rings. The Hall–Kier alpha value is -3.52. The number of halogens is 2. The molecule has 136 valence electrons. The van der Waals surface area contributed by atoms with Crippen LogP contribution in [0.1, 0.15) is 11.1 Å². The molecule has 0 radical (unpaired) electrons. The zero-order chi connectivity index (χ0) is 19.3. The summed E-state index contributed by atoms with van der Waals surface area (Å²) in [6, 6.07) is 33.9. The average molecular weight is 368 g/mol. The lowest BCUT2D eigenvalue weighted by molar-refractivity contribution is 0.426. The van der Waals surface area contributed by atoms with Crippen LogP contribution in [0.15, 0.2) is 115 Å². The largest absolute Gasteiger partial charge is 0.278 e. The second kappa shape index (κ2) is 8.01. The summed E-state index contributed by atoms with van der Waals surface area (Å²) >= 11 is 0. The lowest BCUT2D eigenvalue weighted by atomic mass is 9.87. The van der Waals surface area contributed by atoms with Gasteiger partial charge in [0.2, 0.25) is 0 Å². The summed E-state index contributed by atoms with van der Waals surface area (Å²) in [5.74, 6) is 0. The van der Waals surface area contributed by atoms with Gasteiger partial charge in [-0.05, 0) is 33.4 Å². The van der Waals surface area contributed by atoms with E-state index in [2.05, 4.69) is 0 Å². The van der Waals surface area contributed by atoms with Crippen molar-refractivity contribution < 1.29 is 8.78 Å². The van der Waals surface area contributed by atoms with Gasteiger partial charge in [0.05, 0.1) is 5.57 Å². The van der Waals surface area contributed by atoms with Crippen molar-refractivity contribution in [2.75, 3.05) is 0 Å². The molecule has 0 aliphatic rings. The Morgan fingerprint density at radius 2 is 0.786 bits per heavy atom. The predicted octanol–water partition coefficient (Wildman–Crippen LogP) is 7.68. The predicted molar refractivity (Wildman–Crippen MR) is 112 cm³/mol. The minimum Gasteiger partial charge on any atom is -0.173 e. The molecule has 4 rings (SSSR count). The first-order chi connectivity index (χ1) is 13.8. The molecule has 4 aromatic carbocycles. The summed E-state index contributed by atoms with van der Waals surface area (Å²) in [5.41, 5.74) is 4.42. The maximum Gasteiger partial charge on any atom is 0.278 e. The smallest absolute Gasteiger partial charge is 0.173 e. The van der Waals surface area contributed by atoms with Crippen molar-refractivity contribution in [3.8, 4) is 22.3 Å². The molecule has 0 unspecified atom stereocenters. The molecule has 0 saturated heterocycles. The van der Waals surface area contributed by atoms with Gasteiger partial charge in [0.15, 0.2) is 0 Å². The average Bonchev–Trinajstić information content (AvgIpc) is 2.76. The van der Waals surface area contributed by atoms with Gasteiger partial charge in [-0.25, -0.2) is 0 Å². The molecule has 28 heavy (non-hydrogen) atoms. The SMILES string of the molecule is FC(F)=C(c1ccccc1-c1ccccc1)c1ccccc1-c1ccccc1. The lowest BCUT2D eigenvalue weighted by Crippen LogP contribution is -1.96.